The van der Waals surface area contributed by atoms with E-state index in [-0.39, 0.29) is 5.91 Å². The van der Waals surface area contributed by atoms with E-state index in [1.54, 1.807) is 18.2 Å². The van der Waals surface area contributed by atoms with E-state index in [1.165, 1.54) is 45.2 Å². The van der Waals surface area contributed by atoms with Crippen LogP contribution >= 0.6 is 0 Å². The molecule has 4 nitrogen and oxygen atoms in total. The average Bonchev–Trinajstić information content (AvgIpc) is 2.78. The number of hydrogen-bond acceptors (Lipinski definition) is 3. The van der Waals surface area contributed by atoms with Gasteiger partial charge in [-0.05, 0) is 80.8 Å². The van der Waals surface area contributed by atoms with Gasteiger partial charge in [-0.15, -0.1) is 0 Å². The number of piperidine rings is 1. The fourth-order valence-corrected chi connectivity index (χ4v) is 4.86. The highest BCUT2D eigenvalue weighted by atomic mass is 16.5. The Kier molecular flexibility index (Phi) is 6.50. The Balaban J connectivity index is 1.20. The molecule has 1 saturated heterocycles. The molecule has 2 aromatic rings. The molecule has 0 saturated carbocycles. The number of carbonyl (C=O) groups excluding carboxylic acids is 1. The molecule has 0 spiro atoms. The van der Waals surface area contributed by atoms with E-state index in [4.69, 9.17) is 4.74 Å². The molecule has 1 amide bonds. The van der Waals surface area contributed by atoms with Crippen LogP contribution < -0.4 is 10.1 Å². The summed E-state index contributed by atoms with van der Waals surface area (Å²) in [6, 6.07) is 17.2. The molecule has 0 bridgehead atoms. The van der Waals surface area contributed by atoms with Crippen LogP contribution in [-0.2, 0) is 17.6 Å². The van der Waals surface area contributed by atoms with Gasteiger partial charge in [-0.2, -0.15) is 0 Å². The monoisotopic (exact) mass is 392 g/mol. The second kappa shape index (κ2) is 9.45. The summed E-state index contributed by atoms with van der Waals surface area (Å²) in [6.45, 7) is 2.35. The van der Waals surface area contributed by atoms with Gasteiger partial charge in [0.2, 0.25) is 5.91 Å². The van der Waals surface area contributed by atoms with E-state index in [0.29, 0.717) is 18.4 Å². The summed E-state index contributed by atoms with van der Waals surface area (Å²) in [5.74, 6) is 1.53. The highest BCUT2D eigenvalue weighted by Gasteiger charge is 2.28. The Bertz CT molecular complexity index is 827. The van der Waals surface area contributed by atoms with Crippen LogP contribution in [0.5, 0.6) is 5.75 Å². The highest BCUT2D eigenvalue weighted by Crippen LogP contribution is 2.29. The normalized spacial score (nSPS) is 20.1. The quantitative estimate of drug-likeness (QED) is 0.776. The van der Waals surface area contributed by atoms with Gasteiger partial charge < -0.3 is 15.0 Å². The Morgan fingerprint density at radius 1 is 1.07 bits per heavy atom. The molecule has 0 radical (unpaired) electrons. The van der Waals surface area contributed by atoms with Gasteiger partial charge in [0.25, 0.3) is 0 Å². The summed E-state index contributed by atoms with van der Waals surface area (Å²) >= 11 is 0. The summed E-state index contributed by atoms with van der Waals surface area (Å²) in [5.41, 5.74) is 3.89. The van der Waals surface area contributed by atoms with Crippen molar-refractivity contribution in [1.29, 1.82) is 0 Å². The number of nitrogens with one attached hydrogen (secondary N) is 1. The van der Waals surface area contributed by atoms with Gasteiger partial charge in [0.15, 0.2) is 0 Å². The predicted octanol–water partition coefficient (Wildman–Crippen LogP) is 4.68. The first-order valence-electron chi connectivity index (χ1n) is 11.0. The molecule has 2 aliphatic rings. The molecule has 4 heteroatoms. The molecule has 0 aromatic heterocycles. The minimum absolute atomic E-state index is 0.101. The van der Waals surface area contributed by atoms with Crippen LogP contribution in [0.3, 0.4) is 0 Å². The summed E-state index contributed by atoms with van der Waals surface area (Å²) in [7, 11) is 1.64. The second-order valence-corrected chi connectivity index (χ2v) is 8.46. The topological polar surface area (TPSA) is 41.6 Å². The summed E-state index contributed by atoms with van der Waals surface area (Å²) in [4.78, 5) is 15.0. The molecule has 1 atom stereocenters. The zero-order chi connectivity index (χ0) is 20.1. The largest absolute Gasteiger partial charge is 0.497 e. The number of carbonyl (C=O) groups is 1. The van der Waals surface area contributed by atoms with E-state index >= 15 is 0 Å². The lowest BCUT2D eigenvalue weighted by molar-refractivity contribution is -0.116. The fraction of sp³-hybridized carbons (Fsp3) is 0.480. The maximum atomic E-state index is 12.3. The first kappa shape index (κ1) is 20.0. The van der Waals surface area contributed by atoms with Crippen LogP contribution in [0.15, 0.2) is 48.5 Å². The number of fused-ring (bicyclic) bond motifs is 1. The summed E-state index contributed by atoms with van der Waals surface area (Å²) in [6.07, 6.45) is 7.70. The van der Waals surface area contributed by atoms with Crippen molar-refractivity contribution in [2.45, 2.75) is 51.0 Å². The second-order valence-electron chi connectivity index (χ2n) is 8.46. The van der Waals surface area contributed by atoms with Crippen LogP contribution in [0, 0.1) is 5.92 Å². The Labute approximate surface area is 174 Å². The maximum Gasteiger partial charge on any atom is 0.224 e. The molecule has 1 unspecified atom stereocenters. The SMILES string of the molecule is COc1cccc(NC(=O)CCC2CCN(C3CCc4ccccc4C3)CC2)c1. The molecule has 1 fully saturated rings. The van der Waals surface area contributed by atoms with Crippen LogP contribution in [-0.4, -0.2) is 37.0 Å². The zero-order valence-electron chi connectivity index (χ0n) is 17.4. The molecule has 1 heterocycles. The molecule has 29 heavy (non-hydrogen) atoms. The third-order valence-corrected chi connectivity index (χ3v) is 6.62. The number of hydrogen-bond donors (Lipinski definition) is 1. The van der Waals surface area contributed by atoms with Gasteiger partial charge in [-0.25, -0.2) is 0 Å². The van der Waals surface area contributed by atoms with E-state index in [2.05, 4.69) is 34.5 Å². The minimum atomic E-state index is 0.101. The van der Waals surface area contributed by atoms with Crippen molar-refractivity contribution >= 4 is 11.6 Å². The van der Waals surface area contributed by atoms with Crippen LogP contribution in [0.25, 0.3) is 0 Å². The van der Waals surface area contributed by atoms with E-state index in [1.807, 2.05) is 24.3 Å². The first-order chi connectivity index (χ1) is 14.2. The lowest BCUT2D eigenvalue weighted by Crippen LogP contribution is -2.44. The smallest absolute Gasteiger partial charge is 0.224 e. The summed E-state index contributed by atoms with van der Waals surface area (Å²) < 4.78 is 5.22. The van der Waals surface area contributed by atoms with Crippen molar-refractivity contribution < 1.29 is 9.53 Å². The molecule has 1 aliphatic heterocycles. The fourth-order valence-electron chi connectivity index (χ4n) is 4.86. The van der Waals surface area contributed by atoms with Crippen LogP contribution in [0.1, 0.15) is 43.2 Å². The van der Waals surface area contributed by atoms with E-state index in [0.717, 1.165) is 17.9 Å². The van der Waals surface area contributed by atoms with Crippen molar-refractivity contribution in [3.8, 4) is 5.75 Å². The lowest BCUT2D eigenvalue weighted by atomic mass is 9.85. The van der Waals surface area contributed by atoms with Crippen molar-refractivity contribution in [1.82, 2.24) is 4.90 Å². The molecule has 1 N–H and O–H groups in total. The molecule has 2 aromatic carbocycles. The molecule has 1 aliphatic carbocycles. The zero-order valence-corrected chi connectivity index (χ0v) is 17.4. The maximum absolute atomic E-state index is 12.3. The number of nitrogens with zero attached hydrogens (tertiary/aromatic N) is 1. The molecule has 4 rings (SSSR count). The number of benzene rings is 2. The van der Waals surface area contributed by atoms with Gasteiger partial charge in [0, 0.05) is 24.2 Å². The number of likely N-dealkylation sites (tertiary alicyclic amines) is 1. The molecular formula is C25H32N2O2. The average molecular weight is 393 g/mol. The van der Waals surface area contributed by atoms with Crippen LogP contribution in [0.4, 0.5) is 5.69 Å². The number of anilines is 1. The van der Waals surface area contributed by atoms with Gasteiger partial charge in [-0.3, -0.25) is 4.79 Å². The van der Waals surface area contributed by atoms with E-state index < -0.39 is 0 Å². The standard InChI is InChI=1S/C25H32N2O2/c1-29-24-8-4-7-22(18-24)26-25(28)12-9-19-13-15-27(16-14-19)23-11-10-20-5-2-3-6-21(20)17-23/h2-8,18-19,23H,9-17H2,1H3,(H,26,28). The van der Waals surface area contributed by atoms with Gasteiger partial charge in [0.1, 0.15) is 5.75 Å². The van der Waals surface area contributed by atoms with Gasteiger partial charge >= 0.3 is 0 Å². The molecular weight excluding hydrogens is 360 g/mol. The third kappa shape index (κ3) is 5.18. The number of rotatable bonds is 6. The van der Waals surface area contributed by atoms with E-state index in [9.17, 15) is 4.79 Å². The highest BCUT2D eigenvalue weighted by molar-refractivity contribution is 5.90. The third-order valence-electron chi connectivity index (χ3n) is 6.62. The van der Waals surface area contributed by atoms with Crippen molar-refractivity contribution in [3.63, 3.8) is 0 Å². The van der Waals surface area contributed by atoms with Gasteiger partial charge in [0.05, 0.1) is 7.11 Å². The summed E-state index contributed by atoms with van der Waals surface area (Å²) in [5, 5.41) is 3.00. The number of amides is 1. The van der Waals surface area contributed by atoms with Crippen molar-refractivity contribution in [2.75, 3.05) is 25.5 Å². The van der Waals surface area contributed by atoms with Gasteiger partial charge in [-0.1, -0.05) is 30.3 Å². The Morgan fingerprint density at radius 3 is 2.66 bits per heavy atom. The molecule has 154 valence electrons. The first-order valence-corrected chi connectivity index (χ1v) is 11.0. The van der Waals surface area contributed by atoms with Crippen LogP contribution in [0.2, 0.25) is 0 Å². The lowest BCUT2D eigenvalue weighted by Gasteiger charge is -2.39. The Hall–Kier alpha value is -2.33. The minimum Gasteiger partial charge on any atom is -0.497 e. The van der Waals surface area contributed by atoms with Crippen molar-refractivity contribution in [2.24, 2.45) is 5.92 Å². The Morgan fingerprint density at radius 2 is 1.86 bits per heavy atom. The number of methoxy groups -OCH3 is 1. The predicted molar refractivity (Wildman–Crippen MR) is 117 cm³/mol. The number of ether oxygens (including phenoxy) is 1. The number of aryl methyl sites for hydroxylation is 1. The van der Waals surface area contributed by atoms with Crippen molar-refractivity contribution in [3.05, 3.63) is 59.7 Å².